The second-order valence-corrected chi connectivity index (χ2v) is 18.3. The van der Waals surface area contributed by atoms with Crippen molar-refractivity contribution >= 4 is 17.9 Å². The molecule has 0 aromatic carbocycles. The number of hydrogen-bond donors (Lipinski definition) is 0. The van der Waals surface area contributed by atoms with Gasteiger partial charge in [0.25, 0.3) is 0 Å². The summed E-state index contributed by atoms with van der Waals surface area (Å²) >= 11 is 0. The molecule has 0 fully saturated rings. The summed E-state index contributed by atoms with van der Waals surface area (Å²) in [7, 11) is 0. The third-order valence-corrected chi connectivity index (χ3v) is 11.5. The van der Waals surface area contributed by atoms with Crippen LogP contribution < -0.4 is 0 Å². The van der Waals surface area contributed by atoms with Gasteiger partial charge in [0.15, 0.2) is 6.10 Å². The molecule has 0 aromatic heterocycles. The van der Waals surface area contributed by atoms with Gasteiger partial charge in [-0.3, -0.25) is 14.4 Å². The highest BCUT2D eigenvalue weighted by molar-refractivity contribution is 5.71. The standard InChI is InChI=1S/C50H96O6/c1-7-46(6)38-32-26-22-23-28-34-40-49(52)55-43-47(42-54-48(51)39-33-27-20-17-13-15-19-25-31-37-45(4)5)56-50(53)41-35-29-21-16-12-10-8-9-11-14-18-24-30-36-44(2)3/h44-47H,7-43H2,1-6H3/t46?,47-/m0/s1. The Morgan fingerprint density at radius 3 is 0.929 bits per heavy atom. The molecule has 0 aliphatic carbocycles. The predicted octanol–water partition coefficient (Wildman–Crippen LogP) is 15.6. The van der Waals surface area contributed by atoms with Crippen LogP contribution in [0.15, 0.2) is 0 Å². The van der Waals surface area contributed by atoms with Crippen LogP contribution in [-0.4, -0.2) is 37.2 Å². The van der Waals surface area contributed by atoms with Gasteiger partial charge in [-0.1, -0.05) is 228 Å². The maximum absolute atomic E-state index is 12.8. The molecule has 2 atom stereocenters. The highest BCUT2D eigenvalue weighted by Gasteiger charge is 2.19. The second-order valence-electron chi connectivity index (χ2n) is 18.3. The third-order valence-electron chi connectivity index (χ3n) is 11.5. The molecular formula is C50H96O6. The van der Waals surface area contributed by atoms with Crippen LogP contribution in [0.1, 0.15) is 266 Å². The first-order valence-electron chi connectivity index (χ1n) is 24.6. The smallest absolute Gasteiger partial charge is 0.306 e. The maximum Gasteiger partial charge on any atom is 0.306 e. The van der Waals surface area contributed by atoms with Gasteiger partial charge in [-0.2, -0.15) is 0 Å². The van der Waals surface area contributed by atoms with Crippen LogP contribution in [-0.2, 0) is 28.6 Å². The molecule has 0 aliphatic rings. The minimum atomic E-state index is -0.763. The van der Waals surface area contributed by atoms with Crippen molar-refractivity contribution in [1.82, 2.24) is 0 Å². The van der Waals surface area contributed by atoms with E-state index in [1.54, 1.807) is 0 Å². The predicted molar refractivity (Wildman–Crippen MR) is 238 cm³/mol. The molecule has 6 heteroatoms. The van der Waals surface area contributed by atoms with Crippen LogP contribution in [0.4, 0.5) is 0 Å². The number of carbonyl (C=O) groups is 3. The lowest BCUT2D eigenvalue weighted by molar-refractivity contribution is -0.167. The van der Waals surface area contributed by atoms with Crippen molar-refractivity contribution in [3.8, 4) is 0 Å². The molecule has 0 saturated carbocycles. The van der Waals surface area contributed by atoms with E-state index >= 15 is 0 Å². The largest absolute Gasteiger partial charge is 0.462 e. The Labute approximate surface area is 348 Å². The SMILES string of the molecule is CCC(C)CCCCCCCCC(=O)OC[C@H](COC(=O)CCCCCCCCCCCC(C)C)OC(=O)CCCCCCCCCCCCCCCC(C)C. The lowest BCUT2D eigenvalue weighted by Crippen LogP contribution is -2.30. The number of carbonyl (C=O) groups excluding carboxylic acids is 3. The topological polar surface area (TPSA) is 78.9 Å². The zero-order valence-electron chi connectivity index (χ0n) is 38.4. The second kappa shape index (κ2) is 41.6. The van der Waals surface area contributed by atoms with Crippen LogP contribution >= 0.6 is 0 Å². The Morgan fingerprint density at radius 2 is 0.625 bits per heavy atom. The van der Waals surface area contributed by atoms with E-state index in [2.05, 4.69) is 41.5 Å². The maximum atomic E-state index is 12.8. The van der Waals surface area contributed by atoms with Crippen LogP contribution in [0.3, 0.4) is 0 Å². The molecule has 0 heterocycles. The fraction of sp³-hybridized carbons (Fsp3) is 0.940. The Bertz CT molecular complexity index is 870. The number of unbranched alkanes of at least 4 members (excludes halogenated alkanes) is 25. The van der Waals surface area contributed by atoms with E-state index in [4.69, 9.17) is 14.2 Å². The molecule has 0 N–H and O–H groups in total. The summed E-state index contributed by atoms with van der Waals surface area (Å²) in [5, 5.41) is 0. The highest BCUT2D eigenvalue weighted by Crippen LogP contribution is 2.18. The molecule has 0 rings (SSSR count). The van der Waals surface area contributed by atoms with E-state index in [1.165, 1.54) is 148 Å². The first-order valence-corrected chi connectivity index (χ1v) is 24.6. The average Bonchev–Trinajstić information content (AvgIpc) is 3.16. The van der Waals surface area contributed by atoms with Gasteiger partial charge in [-0.15, -0.1) is 0 Å². The zero-order valence-corrected chi connectivity index (χ0v) is 38.4. The Kier molecular flexibility index (Phi) is 40.4. The van der Waals surface area contributed by atoms with Gasteiger partial charge in [0, 0.05) is 19.3 Å². The van der Waals surface area contributed by atoms with E-state index in [0.717, 1.165) is 75.5 Å². The van der Waals surface area contributed by atoms with Gasteiger partial charge < -0.3 is 14.2 Å². The molecule has 0 spiro atoms. The fourth-order valence-corrected chi connectivity index (χ4v) is 7.38. The third kappa shape index (κ3) is 42.0. The Morgan fingerprint density at radius 1 is 0.357 bits per heavy atom. The molecule has 0 aliphatic heterocycles. The molecule has 56 heavy (non-hydrogen) atoms. The van der Waals surface area contributed by atoms with Crippen LogP contribution in [0.2, 0.25) is 0 Å². The lowest BCUT2D eigenvalue weighted by atomic mass is 10.00. The molecule has 0 aromatic rings. The summed E-state index contributed by atoms with van der Waals surface area (Å²) in [4.78, 5) is 37.8. The molecule has 0 amide bonds. The van der Waals surface area contributed by atoms with Crippen molar-refractivity contribution in [3.63, 3.8) is 0 Å². The van der Waals surface area contributed by atoms with Gasteiger partial charge in [-0.25, -0.2) is 0 Å². The number of rotatable bonds is 43. The van der Waals surface area contributed by atoms with Crippen LogP contribution in [0.5, 0.6) is 0 Å². The van der Waals surface area contributed by atoms with Gasteiger partial charge in [0.1, 0.15) is 13.2 Å². The number of hydrogen-bond acceptors (Lipinski definition) is 6. The average molecular weight is 793 g/mol. The molecule has 0 saturated heterocycles. The monoisotopic (exact) mass is 793 g/mol. The van der Waals surface area contributed by atoms with E-state index in [0.29, 0.717) is 19.3 Å². The summed E-state index contributed by atoms with van der Waals surface area (Å²) in [6.07, 6.45) is 39.5. The fourth-order valence-electron chi connectivity index (χ4n) is 7.38. The summed E-state index contributed by atoms with van der Waals surface area (Å²) in [6, 6.07) is 0. The van der Waals surface area contributed by atoms with Crippen molar-refractivity contribution < 1.29 is 28.6 Å². The first-order chi connectivity index (χ1) is 27.1. The van der Waals surface area contributed by atoms with Gasteiger partial charge in [0.2, 0.25) is 0 Å². The van der Waals surface area contributed by atoms with Gasteiger partial charge >= 0.3 is 17.9 Å². The van der Waals surface area contributed by atoms with Crippen molar-refractivity contribution in [2.75, 3.05) is 13.2 Å². The van der Waals surface area contributed by atoms with Crippen LogP contribution in [0.25, 0.3) is 0 Å². The Balaban J connectivity index is 4.32. The van der Waals surface area contributed by atoms with Crippen molar-refractivity contribution in [2.45, 2.75) is 272 Å². The molecule has 1 unspecified atom stereocenters. The summed E-state index contributed by atoms with van der Waals surface area (Å²) in [5.41, 5.74) is 0. The van der Waals surface area contributed by atoms with E-state index in [1.807, 2.05) is 0 Å². The minimum absolute atomic E-state index is 0.0660. The molecule has 0 bridgehead atoms. The van der Waals surface area contributed by atoms with Crippen molar-refractivity contribution in [1.29, 1.82) is 0 Å². The zero-order chi connectivity index (χ0) is 41.3. The molecular weight excluding hydrogens is 697 g/mol. The quantitative estimate of drug-likeness (QED) is 0.0348. The first kappa shape index (κ1) is 54.4. The number of ether oxygens (including phenoxy) is 3. The lowest BCUT2D eigenvalue weighted by Gasteiger charge is -2.18. The van der Waals surface area contributed by atoms with E-state index in [9.17, 15) is 14.4 Å². The summed E-state index contributed by atoms with van der Waals surface area (Å²) < 4.78 is 16.8. The minimum Gasteiger partial charge on any atom is -0.462 e. The van der Waals surface area contributed by atoms with Gasteiger partial charge in [0.05, 0.1) is 0 Å². The normalized spacial score (nSPS) is 12.6. The summed E-state index contributed by atoms with van der Waals surface area (Å²) in [6.45, 7) is 13.7. The summed E-state index contributed by atoms with van der Waals surface area (Å²) in [5.74, 6) is 1.60. The Hall–Kier alpha value is -1.59. The molecule has 6 nitrogen and oxygen atoms in total. The highest BCUT2D eigenvalue weighted by atomic mass is 16.6. The molecule has 0 radical (unpaired) electrons. The van der Waals surface area contributed by atoms with E-state index < -0.39 is 6.10 Å². The van der Waals surface area contributed by atoms with Crippen molar-refractivity contribution in [2.24, 2.45) is 17.8 Å². The molecule has 332 valence electrons. The van der Waals surface area contributed by atoms with E-state index in [-0.39, 0.29) is 31.1 Å². The van der Waals surface area contributed by atoms with Crippen LogP contribution in [0, 0.1) is 17.8 Å². The number of esters is 3. The van der Waals surface area contributed by atoms with Crippen molar-refractivity contribution in [3.05, 3.63) is 0 Å². The van der Waals surface area contributed by atoms with Gasteiger partial charge in [-0.05, 0) is 37.0 Å².